The number of amides is 1. The predicted molar refractivity (Wildman–Crippen MR) is 333 cm³/mol. The highest BCUT2D eigenvalue weighted by molar-refractivity contribution is 5.76. The summed E-state index contributed by atoms with van der Waals surface area (Å²) < 4.78 is 5.49. The minimum Gasteiger partial charge on any atom is -0.466 e. The average Bonchev–Trinajstić information content (AvgIpc) is 3.42. The molecule has 0 bridgehead atoms. The number of hydrogen-bond donors (Lipinski definition) is 3. The quantitative estimate of drug-likeness (QED) is 0.0320. The fourth-order valence-electron chi connectivity index (χ4n) is 10.7. The number of allylic oxidation sites excluding steroid dienone is 5. The first-order valence-corrected chi connectivity index (χ1v) is 34.3. The molecule has 0 spiro atoms. The van der Waals surface area contributed by atoms with Crippen molar-refractivity contribution >= 4 is 11.9 Å². The monoisotopic (exact) mass is 1070 g/mol. The van der Waals surface area contributed by atoms with Crippen molar-refractivity contribution in [3.8, 4) is 0 Å². The molecule has 0 radical (unpaired) electrons. The number of esters is 1. The number of rotatable bonds is 64. The summed E-state index contributed by atoms with van der Waals surface area (Å²) in [5, 5.41) is 23.2. The van der Waals surface area contributed by atoms with Gasteiger partial charge in [0.15, 0.2) is 0 Å². The molecule has 2 atom stereocenters. The molecule has 3 N–H and O–H groups in total. The molecule has 76 heavy (non-hydrogen) atoms. The third-order valence-electron chi connectivity index (χ3n) is 15.9. The first-order valence-electron chi connectivity index (χ1n) is 34.3. The number of hydrogen-bond acceptors (Lipinski definition) is 5. The summed E-state index contributed by atoms with van der Waals surface area (Å²) in [5.41, 5.74) is 0. The molecule has 0 aromatic heterocycles. The van der Waals surface area contributed by atoms with Crippen molar-refractivity contribution in [1.82, 2.24) is 5.32 Å². The van der Waals surface area contributed by atoms with E-state index in [1.54, 1.807) is 6.08 Å². The van der Waals surface area contributed by atoms with Gasteiger partial charge >= 0.3 is 5.97 Å². The molecule has 0 aliphatic heterocycles. The van der Waals surface area contributed by atoms with Crippen LogP contribution < -0.4 is 5.32 Å². The molecule has 0 aromatic carbocycles. The van der Waals surface area contributed by atoms with Gasteiger partial charge in [-0.3, -0.25) is 9.59 Å². The van der Waals surface area contributed by atoms with E-state index in [1.807, 2.05) is 6.08 Å². The van der Waals surface area contributed by atoms with E-state index >= 15 is 0 Å². The number of aliphatic hydroxyl groups is 2. The Morgan fingerprint density at radius 3 is 1.03 bits per heavy atom. The fraction of sp³-hybridized carbons (Fsp3) is 0.886. The Kier molecular flexibility index (Phi) is 63.9. The molecule has 0 heterocycles. The van der Waals surface area contributed by atoms with Gasteiger partial charge in [0.05, 0.1) is 25.4 Å². The van der Waals surface area contributed by atoms with E-state index in [0.717, 1.165) is 51.4 Å². The molecule has 0 aliphatic rings. The van der Waals surface area contributed by atoms with Crippen molar-refractivity contribution in [1.29, 1.82) is 0 Å². The summed E-state index contributed by atoms with van der Waals surface area (Å²) in [6.45, 7) is 4.90. The van der Waals surface area contributed by atoms with Gasteiger partial charge in [0.2, 0.25) is 5.91 Å². The van der Waals surface area contributed by atoms with Gasteiger partial charge in [-0.2, -0.15) is 0 Å². The zero-order chi connectivity index (χ0) is 55.0. The summed E-state index contributed by atoms with van der Waals surface area (Å²) in [6.07, 6.45) is 83.6. The van der Waals surface area contributed by atoms with Gasteiger partial charge in [0.1, 0.15) is 0 Å². The Labute approximate surface area is 474 Å². The Hall–Kier alpha value is -1.92. The minimum absolute atomic E-state index is 0.00465. The molecule has 1 amide bonds. The number of carbonyl (C=O) groups excluding carboxylic acids is 2. The lowest BCUT2D eigenvalue weighted by Gasteiger charge is -2.20. The van der Waals surface area contributed by atoms with Crippen molar-refractivity contribution in [2.24, 2.45) is 0 Å². The SMILES string of the molecule is CCCCC/C=C\C/C=C\CCCCCCCC(=O)OCCCCCCCCCCCCCCCCCCCCCCCCCCCCCCC(=O)N[C@@H](CO)[C@H](O)/C=C/CCCCCCCCCCCCCCCC. The van der Waals surface area contributed by atoms with Crippen molar-refractivity contribution in [2.75, 3.05) is 13.2 Å². The van der Waals surface area contributed by atoms with E-state index < -0.39 is 12.1 Å². The molecule has 6 nitrogen and oxygen atoms in total. The zero-order valence-electron chi connectivity index (χ0n) is 51.3. The highest BCUT2D eigenvalue weighted by Crippen LogP contribution is 2.18. The van der Waals surface area contributed by atoms with Crippen LogP contribution in [0.2, 0.25) is 0 Å². The van der Waals surface area contributed by atoms with Crippen LogP contribution in [0.15, 0.2) is 36.5 Å². The van der Waals surface area contributed by atoms with Crippen LogP contribution in [0.25, 0.3) is 0 Å². The minimum atomic E-state index is -0.842. The van der Waals surface area contributed by atoms with Crippen molar-refractivity contribution < 1.29 is 24.5 Å². The van der Waals surface area contributed by atoms with E-state index in [1.165, 1.54) is 295 Å². The molecule has 0 aromatic rings. The second-order valence-electron chi connectivity index (χ2n) is 23.5. The average molecular weight is 1070 g/mol. The van der Waals surface area contributed by atoms with Crippen LogP contribution in [0.3, 0.4) is 0 Å². The number of aliphatic hydroxyl groups excluding tert-OH is 2. The normalized spacial score (nSPS) is 12.7. The van der Waals surface area contributed by atoms with Gasteiger partial charge in [-0.05, 0) is 64.2 Å². The van der Waals surface area contributed by atoms with E-state index in [4.69, 9.17) is 4.74 Å². The Bertz CT molecular complexity index is 1230. The van der Waals surface area contributed by atoms with Crippen LogP contribution in [0.4, 0.5) is 0 Å². The Balaban J connectivity index is 3.36. The van der Waals surface area contributed by atoms with E-state index in [2.05, 4.69) is 43.5 Å². The van der Waals surface area contributed by atoms with E-state index in [0.29, 0.717) is 19.4 Å². The standard InChI is InChI=1S/C70H133NO5/c1-3-5-7-9-11-13-15-17-19-35-38-42-46-50-54-58-62-68(73)67(66-72)71-69(74)63-59-55-51-47-43-39-36-32-30-28-26-24-22-20-21-23-25-27-29-31-33-37-41-45-49-53-57-61-65-76-70(75)64-60-56-52-48-44-40-34-18-16-14-12-10-8-6-4-2/h12,14,18,34,58,62,67-68,72-73H,3-11,13,15-17,19-33,35-57,59-61,63-66H2,1-2H3,(H,71,74)/b14-12-,34-18-,62-58+/t67-,68+/m0/s1. The summed E-state index contributed by atoms with van der Waals surface area (Å²) in [6, 6.07) is -0.626. The predicted octanol–water partition coefficient (Wildman–Crippen LogP) is 21.9. The van der Waals surface area contributed by atoms with Crippen molar-refractivity contribution in [3.63, 3.8) is 0 Å². The molecule has 448 valence electrons. The first-order chi connectivity index (χ1) is 37.5. The molecular weight excluding hydrogens is 935 g/mol. The number of carbonyl (C=O) groups is 2. The fourth-order valence-corrected chi connectivity index (χ4v) is 10.7. The topological polar surface area (TPSA) is 95.9 Å². The Morgan fingerprint density at radius 2 is 0.658 bits per heavy atom. The molecule has 0 rings (SSSR count). The van der Waals surface area contributed by atoms with Crippen molar-refractivity contribution in [3.05, 3.63) is 36.5 Å². The lowest BCUT2D eigenvalue weighted by atomic mass is 10.0. The van der Waals surface area contributed by atoms with Crippen LogP contribution in [0.1, 0.15) is 373 Å². The maximum Gasteiger partial charge on any atom is 0.305 e. The first kappa shape index (κ1) is 74.1. The molecule has 0 saturated heterocycles. The Morgan fingerprint density at radius 1 is 0.368 bits per heavy atom. The summed E-state index contributed by atoms with van der Waals surface area (Å²) in [7, 11) is 0. The molecular formula is C70H133NO5. The molecule has 0 unspecified atom stereocenters. The molecule has 0 saturated carbocycles. The maximum absolute atomic E-state index is 12.5. The van der Waals surface area contributed by atoms with Crippen molar-refractivity contribution in [2.45, 2.75) is 386 Å². The lowest BCUT2D eigenvalue weighted by Crippen LogP contribution is -2.45. The molecule has 6 heteroatoms. The van der Waals surface area contributed by atoms with Crippen LogP contribution in [0, 0.1) is 0 Å². The molecule has 0 aliphatic carbocycles. The van der Waals surface area contributed by atoms with E-state index in [9.17, 15) is 19.8 Å². The van der Waals surface area contributed by atoms with Gasteiger partial charge in [-0.15, -0.1) is 0 Å². The van der Waals surface area contributed by atoms with Gasteiger partial charge in [-0.25, -0.2) is 0 Å². The van der Waals surface area contributed by atoms with Gasteiger partial charge in [0, 0.05) is 12.8 Å². The summed E-state index contributed by atoms with van der Waals surface area (Å²) >= 11 is 0. The van der Waals surface area contributed by atoms with Gasteiger partial charge in [-0.1, -0.05) is 333 Å². The smallest absolute Gasteiger partial charge is 0.305 e. The van der Waals surface area contributed by atoms with Gasteiger partial charge < -0.3 is 20.3 Å². The number of ether oxygens (including phenoxy) is 1. The second kappa shape index (κ2) is 65.6. The zero-order valence-corrected chi connectivity index (χ0v) is 51.3. The maximum atomic E-state index is 12.5. The van der Waals surface area contributed by atoms with Crippen LogP contribution >= 0.6 is 0 Å². The number of unbranched alkanes of at least 4 members (excludes halogenated alkanes) is 49. The second-order valence-corrected chi connectivity index (χ2v) is 23.5. The third-order valence-corrected chi connectivity index (χ3v) is 15.9. The highest BCUT2D eigenvalue weighted by Gasteiger charge is 2.18. The third kappa shape index (κ3) is 61.3. The summed E-state index contributed by atoms with van der Waals surface area (Å²) in [4.78, 5) is 24.6. The van der Waals surface area contributed by atoms with Crippen LogP contribution in [-0.4, -0.2) is 47.4 Å². The largest absolute Gasteiger partial charge is 0.466 e. The highest BCUT2D eigenvalue weighted by atomic mass is 16.5. The lowest BCUT2D eigenvalue weighted by molar-refractivity contribution is -0.143. The molecule has 0 fully saturated rings. The van der Waals surface area contributed by atoms with Crippen LogP contribution in [0.5, 0.6) is 0 Å². The van der Waals surface area contributed by atoms with Crippen LogP contribution in [-0.2, 0) is 14.3 Å². The number of nitrogens with one attached hydrogen (secondary N) is 1. The van der Waals surface area contributed by atoms with Gasteiger partial charge in [0.25, 0.3) is 0 Å². The van der Waals surface area contributed by atoms with E-state index in [-0.39, 0.29) is 18.5 Å². The summed E-state index contributed by atoms with van der Waals surface area (Å²) in [5.74, 6) is -0.0580.